The number of H-pyrrole nitrogens is 1. The molecular weight excluding hydrogens is 493 g/mol. The van der Waals surface area contributed by atoms with Crippen LogP contribution in [0.25, 0.3) is 21.8 Å². The van der Waals surface area contributed by atoms with Gasteiger partial charge in [-0.2, -0.15) is 0 Å². The van der Waals surface area contributed by atoms with E-state index in [4.69, 9.17) is 14.2 Å². The van der Waals surface area contributed by atoms with Gasteiger partial charge in [0, 0.05) is 62.3 Å². The van der Waals surface area contributed by atoms with Crippen LogP contribution in [0.3, 0.4) is 0 Å². The molecule has 10 nitrogen and oxygen atoms in total. The Kier molecular flexibility index (Phi) is 7.30. The molecule has 0 unspecified atom stereocenters. The van der Waals surface area contributed by atoms with Gasteiger partial charge < -0.3 is 29.2 Å². The lowest BCUT2D eigenvalue weighted by atomic mass is 10.2. The normalized spacial score (nSPS) is 15.1. The number of hydrogen-bond donors (Lipinski definition) is 2. The number of ether oxygens (including phenoxy) is 3. The molecule has 1 atom stereocenters. The van der Waals surface area contributed by atoms with Crippen molar-refractivity contribution in [2.24, 2.45) is 0 Å². The van der Waals surface area contributed by atoms with E-state index >= 15 is 4.39 Å². The van der Waals surface area contributed by atoms with Crippen molar-refractivity contribution in [3.63, 3.8) is 0 Å². The van der Waals surface area contributed by atoms with Crippen LogP contribution >= 0.6 is 0 Å². The number of nitrogens with one attached hydrogen (secondary N) is 1. The Morgan fingerprint density at radius 2 is 1.89 bits per heavy atom. The Bertz CT molecular complexity index is 1470. The van der Waals surface area contributed by atoms with Crippen LogP contribution in [0.1, 0.15) is 12.6 Å². The summed E-state index contributed by atoms with van der Waals surface area (Å²) in [5.74, 6) is 0.605. The van der Waals surface area contributed by atoms with Crippen molar-refractivity contribution >= 4 is 27.7 Å². The highest BCUT2D eigenvalue weighted by atomic mass is 19.1. The molecule has 0 saturated carbocycles. The molecule has 3 heterocycles. The molecule has 1 saturated heterocycles. The number of methoxy groups -OCH3 is 1. The van der Waals surface area contributed by atoms with E-state index in [0.717, 1.165) is 5.69 Å². The van der Waals surface area contributed by atoms with Crippen LogP contribution in [-0.4, -0.2) is 88.3 Å². The molecule has 1 aliphatic rings. The molecule has 1 aliphatic heterocycles. The predicted octanol–water partition coefficient (Wildman–Crippen LogP) is 3.26. The number of β-amino-alcohol motifs (C(OH)–C–C–N with tert-alkyl or cyclic N) is 1. The third-order valence-corrected chi connectivity index (χ3v) is 6.65. The van der Waals surface area contributed by atoms with E-state index in [-0.39, 0.29) is 24.1 Å². The van der Waals surface area contributed by atoms with Crippen molar-refractivity contribution in [3.05, 3.63) is 48.2 Å². The minimum Gasteiger partial charge on any atom is -0.493 e. The van der Waals surface area contributed by atoms with E-state index in [9.17, 15) is 9.90 Å². The Hall–Kier alpha value is -3.96. The van der Waals surface area contributed by atoms with E-state index in [1.807, 2.05) is 6.92 Å². The summed E-state index contributed by atoms with van der Waals surface area (Å²) in [6.45, 7) is 6.60. The highest BCUT2D eigenvalue weighted by Crippen LogP contribution is 2.37. The van der Waals surface area contributed by atoms with E-state index < -0.39 is 11.9 Å². The van der Waals surface area contributed by atoms with E-state index in [2.05, 4.69) is 19.9 Å². The second-order valence-electron chi connectivity index (χ2n) is 9.36. The van der Waals surface area contributed by atoms with Crippen LogP contribution in [0.5, 0.6) is 23.1 Å². The summed E-state index contributed by atoms with van der Waals surface area (Å²) >= 11 is 0. The van der Waals surface area contributed by atoms with E-state index in [0.29, 0.717) is 66.0 Å². The molecule has 11 heteroatoms. The number of aryl methyl sites for hydroxylation is 1. The lowest BCUT2D eigenvalue weighted by Gasteiger charge is -2.35. The summed E-state index contributed by atoms with van der Waals surface area (Å²) in [4.78, 5) is 27.0. The second-order valence-corrected chi connectivity index (χ2v) is 9.36. The van der Waals surface area contributed by atoms with Crippen molar-refractivity contribution in [2.45, 2.75) is 20.0 Å². The van der Waals surface area contributed by atoms with Crippen LogP contribution in [-0.2, 0) is 4.79 Å². The standard InChI is InChI=1S/C27H30FN5O5/c1-16-10-19-21(31-16)4-5-23(26(19)28)38-27-20-11-24(36-3)25(12-22(20)29-15-30-27)37-14-18(35)13-32-6-8-33(9-7-32)17(2)34/h4-5,10-12,15,18,31,35H,6-9,13-14H2,1-3H3/t18-/m1/s1. The van der Waals surface area contributed by atoms with Crippen molar-refractivity contribution in [2.75, 3.05) is 46.4 Å². The molecule has 2 N–H and O–H groups in total. The summed E-state index contributed by atoms with van der Waals surface area (Å²) in [6.07, 6.45) is 0.596. The molecule has 4 aromatic rings. The molecule has 0 spiro atoms. The van der Waals surface area contributed by atoms with E-state index in [1.54, 1.807) is 42.2 Å². The number of benzene rings is 2. The minimum absolute atomic E-state index is 0.0445. The van der Waals surface area contributed by atoms with Crippen molar-refractivity contribution < 1.29 is 28.5 Å². The zero-order valence-corrected chi connectivity index (χ0v) is 21.5. The predicted molar refractivity (Wildman–Crippen MR) is 139 cm³/mol. The number of aliphatic hydroxyl groups excluding tert-OH is 1. The molecule has 0 aliphatic carbocycles. The number of fused-ring (bicyclic) bond motifs is 2. The maximum atomic E-state index is 15.1. The van der Waals surface area contributed by atoms with Gasteiger partial charge >= 0.3 is 0 Å². The minimum atomic E-state index is -0.737. The SMILES string of the molecule is COc1cc2c(Oc3ccc4[nH]c(C)cc4c3F)ncnc2cc1OC[C@H](O)CN1CCN(C(C)=O)CC1. The third-order valence-electron chi connectivity index (χ3n) is 6.65. The Labute approximate surface area is 218 Å². The second kappa shape index (κ2) is 10.8. The van der Waals surface area contributed by atoms with Gasteiger partial charge in [-0.3, -0.25) is 9.69 Å². The zero-order valence-electron chi connectivity index (χ0n) is 21.5. The third kappa shape index (κ3) is 5.34. The number of carbonyl (C=O) groups excluding carboxylic acids is 1. The van der Waals surface area contributed by atoms with Crippen LogP contribution in [0.4, 0.5) is 4.39 Å². The van der Waals surface area contributed by atoms with Crippen LogP contribution < -0.4 is 14.2 Å². The number of hydrogen-bond acceptors (Lipinski definition) is 8. The number of rotatable bonds is 8. The summed E-state index contributed by atoms with van der Waals surface area (Å²) in [6, 6.07) is 8.38. The first-order valence-corrected chi connectivity index (χ1v) is 12.4. The molecular formula is C27H30FN5O5. The average Bonchev–Trinajstić information content (AvgIpc) is 3.30. The lowest BCUT2D eigenvalue weighted by Crippen LogP contribution is -2.50. The fraction of sp³-hybridized carbons (Fsp3) is 0.370. The quantitative estimate of drug-likeness (QED) is 0.362. The first-order chi connectivity index (χ1) is 18.3. The molecule has 5 rings (SSSR count). The topological polar surface area (TPSA) is 113 Å². The highest BCUT2D eigenvalue weighted by Gasteiger charge is 2.22. The maximum Gasteiger partial charge on any atom is 0.230 e. The summed E-state index contributed by atoms with van der Waals surface area (Å²) < 4.78 is 32.4. The molecule has 2 aromatic heterocycles. The number of aliphatic hydroxyl groups is 1. The highest BCUT2D eigenvalue weighted by molar-refractivity contribution is 5.87. The van der Waals surface area contributed by atoms with Gasteiger partial charge in [-0.15, -0.1) is 0 Å². The smallest absolute Gasteiger partial charge is 0.230 e. The molecule has 1 amide bonds. The van der Waals surface area contributed by atoms with Gasteiger partial charge in [0.15, 0.2) is 23.1 Å². The van der Waals surface area contributed by atoms with Gasteiger partial charge in [0.1, 0.15) is 19.0 Å². The van der Waals surface area contributed by atoms with Crippen LogP contribution in [0.15, 0.2) is 36.7 Å². The molecule has 0 bridgehead atoms. The van der Waals surface area contributed by atoms with Gasteiger partial charge in [-0.05, 0) is 31.2 Å². The Morgan fingerprint density at radius 1 is 1.11 bits per heavy atom. The summed E-state index contributed by atoms with van der Waals surface area (Å²) in [5.41, 5.74) is 2.05. The average molecular weight is 524 g/mol. The molecule has 2 aromatic carbocycles. The number of halogens is 1. The fourth-order valence-corrected chi connectivity index (χ4v) is 4.65. The van der Waals surface area contributed by atoms with Crippen LogP contribution in [0.2, 0.25) is 0 Å². The number of piperazine rings is 1. The lowest BCUT2D eigenvalue weighted by molar-refractivity contribution is -0.130. The number of carbonyl (C=O) groups is 1. The Balaban J connectivity index is 1.30. The number of nitrogens with zero attached hydrogens (tertiary/aromatic N) is 4. The Morgan fingerprint density at radius 3 is 2.63 bits per heavy atom. The molecule has 200 valence electrons. The first kappa shape index (κ1) is 25.7. The van der Waals surface area contributed by atoms with Gasteiger partial charge in [-0.25, -0.2) is 14.4 Å². The van der Waals surface area contributed by atoms with Crippen LogP contribution in [0, 0.1) is 12.7 Å². The summed E-state index contributed by atoms with van der Waals surface area (Å²) in [7, 11) is 1.51. The fourth-order valence-electron chi connectivity index (χ4n) is 4.65. The summed E-state index contributed by atoms with van der Waals surface area (Å²) in [5, 5.41) is 11.5. The number of aromatic amines is 1. The van der Waals surface area contributed by atoms with Gasteiger partial charge in [0.2, 0.25) is 11.8 Å². The molecule has 38 heavy (non-hydrogen) atoms. The van der Waals surface area contributed by atoms with Crippen molar-refractivity contribution in [1.82, 2.24) is 24.8 Å². The van der Waals surface area contributed by atoms with Gasteiger partial charge in [0.05, 0.1) is 18.0 Å². The van der Waals surface area contributed by atoms with Crippen molar-refractivity contribution in [1.29, 1.82) is 0 Å². The number of aromatic nitrogens is 3. The van der Waals surface area contributed by atoms with Crippen molar-refractivity contribution in [3.8, 4) is 23.1 Å². The first-order valence-electron chi connectivity index (χ1n) is 12.4. The molecule has 1 fully saturated rings. The van der Waals surface area contributed by atoms with Gasteiger partial charge in [-0.1, -0.05) is 0 Å². The van der Waals surface area contributed by atoms with E-state index in [1.165, 1.54) is 13.4 Å². The molecule has 0 radical (unpaired) electrons. The zero-order chi connectivity index (χ0) is 26.8. The largest absolute Gasteiger partial charge is 0.493 e. The van der Waals surface area contributed by atoms with Gasteiger partial charge in [0.25, 0.3) is 0 Å². The monoisotopic (exact) mass is 523 g/mol. The maximum absolute atomic E-state index is 15.1. The number of amides is 1.